The third kappa shape index (κ3) is 3.39. The van der Waals surface area contributed by atoms with E-state index in [4.69, 9.17) is 0 Å². The second-order valence-corrected chi connectivity index (χ2v) is 7.67. The molecule has 0 spiro atoms. The van der Waals surface area contributed by atoms with Gasteiger partial charge in [0.15, 0.2) is 0 Å². The molecule has 140 valence electrons. The van der Waals surface area contributed by atoms with E-state index in [1.807, 2.05) is 30.0 Å². The first-order valence-electron chi connectivity index (χ1n) is 9.35. The zero-order chi connectivity index (χ0) is 19.0. The van der Waals surface area contributed by atoms with Gasteiger partial charge in [-0.15, -0.1) is 0 Å². The van der Waals surface area contributed by atoms with Gasteiger partial charge in [-0.25, -0.2) is 0 Å². The van der Waals surface area contributed by atoms with Gasteiger partial charge in [0.2, 0.25) is 5.91 Å². The molecular weight excluding hydrogens is 342 g/mol. The third-order valence-corrected chi connectivity index (χ3v) is 5.81. The van der Waals surface area contributed by atoms with E-state index in [0.717, 1.165) is 30.5 Å². The Morgan fingerprint density at radius 3 is 2.67 bits per heavy atom. The summed E-state index contributed by atoms with van der Waals surface area (Å²) in [4.78, 5) is 25.2. The van der Waals surface area contributed by atoms with Crippen LogP contribution in [0.3, 0.4) is 0 Å². The predicted octanol–water partition coefficient (Wildman–Crippen LogP) is 3.19. The SMILES string of the molecule is CC1Cc2cc([N+](=O)[O-])ccc2N1CC(=O)NCC1(c2ccccc2)CC1. The lowest BCUT2D eigenvalue weighted by atomic mass is 9.96. The van der Waals surface area contributed by atoms with Crippen LogP contribution in [-0.2, 0) is 16.6 Å². The Bertz CT molecular complexity index is 877. The summed E-state index contributed by atoms with van der Waals surface area (Å²) in [5.41, 5.74) is 3.34. The fourth-order valence-electron chi connectivity index (χ4n) is 4.02. The minimum atomic E-state index is -0.376. The van der Waals surface area contributed by atoms with Gasteiger partial charge in [-0.2, -0.15) is 0 Å². The first kappa shape index (κ1) is 17.5. The van der Waals surface area contributed by atoms with Crippen LogP contribution in [0.15, 0.2) is 48.5 Å². The molecule has 2 aromatic rings. The number of carbonyl (C=O) groups excluding carboxylic acids is 1. The molecule has 1 amide bonds. The van der Waals surface area contributed by atoms with Crippen LogP contribution in [0.25, 0.3) is 0 Å². The number of fused-ring (bicyclic) bond motifs is 1. The third-order valence-electron chi connectivity index (χ3n) is 5.81. The number of nitro groups is 1. The van der Waals surface area contributed by atoms with Crippen LogP contribution in [0.1, 0.15) is 30.9 Å². The number of anilines is 1. The fraction of sp³-hybridized carbons (Fsp3) is 0.381. The molecule has 1 unspecified atom stereocenters. The molecule has 1 heterocycles. The van der Waals surface area contributed by atoms with Crippen LogP contribution in [0.2, 0.25) is 0 Å². The fourth-order valence-corrected chi connectivity index (χ4v) is 4.02. The number of hydrogen-bond acceptors (Lipinski definition) is 4. The lowest BCUT2D eigenvalue weighted by Gasteiger charge is -2.25. The highest BCUT2D eigenvalue weighted by atomic mass is 16.6. The van der Waals surface area contributed by atoms with E-state index in [1.165, 1.54) is 11.6 Å². The number of rotatable bonds is 6. The molecule has 0 radical (unpaired) electrons. The van der Waals surface area contributed by atoms with Crippen molar-refractivity contribution in [2.75, 3.05) is 18.0 Å². The molecule has 27 heavy (non-hydrogen) atoms. The van der Waals surface area contributed by atoms with E-state index in [0.29, 0.717) is 6.54 Å². The number of nitrogens with zero attached hydrogens (tertiary/aromatic N) is 2. The smallest absolute Gasteiger partial charge is 0.269 e. The Hall–Kier alpha value is -2.89. The molecule has 1 aliphatic heterocycles. The van der Waals surface area contributed by atoms with Crippen molar-refractivity contribution >= 4 is 17.3 Å². The van der Waals surface area contributed by atoms with E-state index in [-0.39, 0.29) is 34.5 Å². The molecule has 6 nitrogen and oxygen atoms in total. The van der Waals surface area contributed by atoms with Crippen molar-refractivity contribution in [1.82, 2.24) is 5.32 Å². The van der Waals surface area contributed by atoms with Gasteiger partial charge in [-0.1, -0.05) is 30.3 Å². The highest BCUT2D eigenvalue weighted by Crippen LogP contribution is 2.47. The molecule has 2 aliphatic rings. The first-order chi connectivity index (χ1) is 13.0. The summed E-state index contributed by atoms with van der Waals surface area (Å²) >= 11 is 0. The number of benzene rings is 2. The molecule has 1 fully saturated rings. The Balaban J connectivity index is 1.40. The van der Waals surface area contributed by atoms with Gasteiger partial charge in [-0.05, 0) is 43.4 Å². The molecule has 0 aromatic heterocycles. The molecule has 0 saturated heterocycles. The van der Waals surface area contributed by atoms with E-state index >= 15 is 0 Å². The highest BCUT2D eigenvalue weighted by Gasteiger charge is 2.44. The molecule has 1 aliphatic carbocycles. The Labute approximate surface area is 158 Å². The van der Waals surface area contributed by atoms with Crippen LogP contribution in [0.5, 0.6) is 0 Å². The van der Waals surface area contributed by atoms with Crippen molar-refractivity contribution in [1.29, 1.82) is 0 Å². The molecule has 1 atom stereocenters. The summed E-state index contributed by atoms with van der Waals surface area (Å²) in [5.74, 6) is -0.00439. The minimum absolute atomic E-state index is 0.00439. The van der Waals surface area contributed by atoms with Gasteiger partial charge in [0.05, 0.1) is 11.5 Å². The molecule has 1 saturated carbocycles. The van der Waals surface area contributed by atoms with Gasteiger partial charge in [0.25, 0.3) is 5.69 Å². The molecule has 1 N–H and O–H groups in total. The standard InChI is InChI=1S/C21H23N3O3/c1-15-11-16-12-18(24(26)27)7-8-19(16)23(15)13-20(25)22-14-21(9-10-21)17-5-3-2-4-6-17/h2-8,12,15H,9-11,13-14H2,1H3,(H,22,25). The van der Waals surface area contributed by atoms with Gasteiger partial charge in [-0.3, -0.25) is 14.9 Å². The number of carbonyl (C=O) groups is 1. The van der Waals surface area contributed by atoms with Crippen LogP contribution in [0, 0.1) is 10.1 Å². The van der Waals surface area contributed by atoms with Crippen LogP contribution < -0.4 is 10.2 Å². The van der Waals surface area contributed by atoms with Crippen LogP contribution in [0.4, 0.5) is 11.4 Å². The summed E-state index contributed by atoms with van der Waals surface area (Å²) in [6.45, 7) is 2.98. The Morgan fingerprint density at radius 1 is 1.26 bits per heavy atom. The molecule has 2 aromatic carbocycles. The van der Waals surface area contributed by atoms with E-state index in [2.05, 4.69) is 17.4 Å². The predicted molar refractivity (Wildman–Crippen MR) is 104 cm³/mol. The average molecular weight is 365 g/mol. The normalized spacial score (nSPS) is 19.4. The Kier molecular flexibility index (Phi) is 4.34. The van der Waals surface area contributed by atoms with Crippen molar-refractivity contribution in [2.24, 2.45) is 0 Å². The van der Waals surface area contributed by atoms with Crippen molar-refractivity contribution in [3.63, 3.8) is 0 Å². The summed E-state index contributed by atoms with van der Waals surface area (Å²) in [7, 11) is 0. The van der Waals surface area contributed by atoms with E-state index < -0.39 is 0 Å². The number of nitro benzene ring substituents is 1. The largest absolute Gasteiger partial charge is 0.359 e. The summed E-state index contributed by atoms with van der Waals surface area (Å²) in [6, 6.07) is 15.4. The molecule has 6 heteroatoms. The maximum absolute atomic E-state index is 12.6. The summed E-state index contributed by atoms with van der Waals surface area (Å²) in [6.07, 6.45) is 2.92. The number of nitrogens with one attached hydrogen (secondary N) is 1. The van der Waals surface area contributed by atoms with Crippen LogP contribution in [-0.4, -0.2) is 30.0 Å². The first-order valence-corrected chi connectivity index (χ1v) is 9.35. The quantitative estimate of drug-likeness (QED) is 0.630. The number of amides is 1. The maximum atomic E-state index is 12.6. The molecule has 0 bridgehead atoms. The lowest BCUT2D eigenvalue weighted by molar-refractivity contribution is -0.384. The number of non-ortho nitro benzene ring substituents is 1. The maximum Gasteiger partial charge on any atom is 0.269 e. The van der Waals surface area contributed by atoms with Crippen LogP contribution >= 0.6 is 0 Å². The molecule has 4 rings (SSSR count). The van der Waals surface area contributed by atoms with Crippen molar-refractivity contribution in [3.05, 3.63) is 69.8 Å². The van der Waals surface area contributed by atoms with Crippen molar-refractivity contribution in [3.8, 4) is 0 Å². The van der Waals surface area contributed by atoms with Gasteiger partial charge < -0.3 is 10.2 Å². The van der Waals surface area contributed by atoms with E-state index in [9.17, 15) is 14.9 Å². The highest BCUT2D eigenvalue weighted by molar-refractivity contribution is 5.83. The zero-order valence-electron chi connectivity index (χ0n) is 15.4. The Morgan fingerprint density at radius 2 is 2.00 bits per heavy atom. The van der Waals surface area contributed by atoms with E-state index in [1.54, 1.807) is 12.1 Å². The number of hydrogen-bond donors (Lipinski definition) is 1. The second kappa shape index (κ2) is 6.68. The lowest BCUT2D eigenvalue weighted by Crippen LogP contribution is -2.42. The molecular formula is C21H23N3O3. The summed E-state index contributed by atoms with van der Waals surface area (Å²) < 4.78 is 0. The van der Waals surface area contributed by atoms with Crippen molar-refractivity contribution < 1.29 is 9.72 Å². The second-order valence-electron chi connectivity index (χ2n) is 7.67. The average Bonchev–Trinajstić information content (AvgIpc) is 3.40. The zero-order valence-corrected chi connectivity index (χ0v) is 15.4. The minimum Gasteiger partial charge on any atom is -0.359 e. The van der Waals surface area contributed by atoms with Gasteiger partial charge in [0.1, 0.15) is 0 Å². The van der Waals surface area contributed by atoms with Gasteiger partial charge >= 0.3 is 0 Å². The monoisotopic (exact) mass is 365 g/mol. The van der Waals surface area contributed by atoms with Crippen molar-refractivity contribution in [2.45, 2.75) is 37.6 Å². The van der Waals surface area contributed by atoms with Gasteiger partial charge in [0, 0.05) is 35.8 Å². The summed E-state index contributed by atoms with van der Waals surface area (Å²) in [5, 5.41) is 14.1. The topological polar surface area (TPSA) is 75.5 Å².